The summed E-state index contributed by atoms with van der Waals surface area (Å²) in [6.45, 7) is 0.673. The standard InChI is InChI=1S/C23H22N4O3/c1-27-21-9-15(14-30-22-5-3-2-4-17(22)11-23(28)29)8-19(20(21)13-26-27)16-6-7-25-18(10-16)12-24/h2-10,13H,11-12,14,24H2,1H3,(H,28,29). The van der Waals surface area contributed by atoms with Crippen molar-refractivity contribution < 1.29 is 14.6 Å². The summed E-state index contributed by atoms with van der Waals surface area (Å²) in [5, 5.41) is 14.6. The molecule has 2 heterocycles. The van der Waals surface area contributed by atoms with E-state index >= 15 is 0 Å². The second-order valence-electron chi connectivity index (χ2n) is 7.05. The van der Waals surface area contributed by atoms with Crippen molar-refractivity contribution in [3.8, 4) is 16.9 Å². The number of hydrogen-bond donors (Lipinski definition) is 2. The Morgan fingerprint density at radius 1 is 1.20 bits per heavy atom. The van der Waals surface area contributed by atoms with Gasteiger partial charge in [0.05, 0.1) is 23.8 Å². The van der Waals surface area contributed by atoms with Gasteiger partial charge in [0.25, 0.3) is 0 Å². The minimum absolute atomic E-state index is 0.0823. The first-order valence-corrected chi connectivity index (χ1v) is 9.57. The number of aromatic nitrogens is 3. The molecule has 0 atom stereocenters. The normalized spacial score (nSPS) is 11.0. The first-order chi connectivity index (χ1) is 14.5. The third kappa shape index (κ3) is 4.01. The van der Waals surface area contributed by atoms with Gasteiger partial charge in [-0.15, -0.1) is 0 Å². The molecule has 0 aliphatic rings. The van der Waals surface area contributed by atoms with Gasteiger partial charge in [0.15, 0.2) is 0 Å². The summed E-state index contributed by atoms with van der Waals surface area (Å²) in [5.74, 6) is -0.320. The average molecular weight is 402 g/mol. The number of carbonyl (C=O) groups is 1. The highest BCUT2D eigenvalue weighted by molar-refractivity contribution is 5.95. The van der Waals surface area contributed by atoms with Crippen LogP contribution in [0.1, 0.15) is 16.8 Å². The van der Waals surface area contributed by atoms with Crippen LogP contribution in [0.3, 0.4) is 0 Å². The van der Waals surface area contributed by atoms with Crippen molar-refractivity contribution in [3.05, 3.63) is 77.7 Å². The van der Waals surface area contributed by atoms with Crippen molar-refractivity contribution in [2.75, 3.05) is 0 Å². The molecule has 4 rings (SSSR count). The zero-order valence-corrected chi connectivity index (χ0v) is 16.6. The number of carboxylic acids is 1. The molecule has 0 aliphatic carbocycles. The van der Waals surface area contributed by atoms with E-state index < -0.39 is 5.97 Å². The second kappa shape index (κ2) is 8.34. The molecular weight excluding hydrogens is 380 g/mol. The maximum Gasteiger partial charge on any atom is 0.307 e. The van der Waals surface area contributed by atoms with Crippen molar-refractivity contribution in [1.82, 2.24) is 14.8 Å². The van der Waals surface area contributed by atoms with Crippen LogP contribution in [0.15, 0.2) is 60.9 Å². The molecule has 0 bridgehead atoms. The lowest BCUT2D eigenvalue weighted by Crippen LogP contribution is -2.04. The van der Waals surface area contributed by atoms with E-state index in [1.54, 1.807) is 18.3 Å². The summed E-state index contributed by atoms with van der Waals surface area (Å²) in [7, 11) is 1.90. The zero-order valence-electron chi connectivity index (χ0n) is 16.6. The van der Waals surface area contributed by atoms with Gasteiger partial charge in [-0.25, -0.2) is 0 Å². The van der Waals surface area contributed by atoms with E-state index in [2.05, 4.69) is 16.1 Å². The maximum atomic E-state index is 11.1. The molecule has 30 heavy (non-hydrogen) atoms. The fraction of sp³-hybridized carbons (Fsp3) is 0.174. The molecule has 7 nitrogen and oxygen atoms in total. The number of hydrogen-bond acceptors (Lipinski definition) is 5. The molecule has 0 unspecified atom stereocenters. The molecule has 4 aromatic rings. The number of para-hydroxylation sites is 1. The van der Waals surface area contributed by atoms with Crippen LogP contribution < -0.4 is 10.5 Å². The fourth-order valence-corrected chi connectivity index (χ4v) is 3.50. The molecule has 0 aliphatic heterocycles. The summed E-state index contributed by atoms with van der Waals surface area (Å²) in [5.41, 5.74) is 11.2. The smallest absolute Gasteiger partial charge is 0.307 e. The Morgan fingerprint density at radius 2 is 2.03 bits per heavy atom. The first-order valence-electron chi connectivity index (χ1n) is 9.57. The largest absolute Gasteiger partial charge is 0.489 e. The van der Waals surface area contributed by atoms with E-state index in [0.717, 1.165) is 33.3 Å². The predicted octanol–water partition coefficient (Wildman–Crippen LogP) is 3.30. The number of ether oxygens (including phenoxy) is 1. The number of nitrogens with zero attached hydrogens (tertiary/aromatic N) is 3. The van der Waals surface area contributed by atoms with Crippen LogP contribution in [0.2, 0.25) is 0 Å². The lowest BCUT2D eigenvalue weighted by atomic mass is 9.99. The number of aryl methyl sites for hydroxylation is 1. The molecule has 0 fully saturated rings. The third-order valence-corrected chi connectivity index (χ3v) is 4.97. The molecule has 0 saturated carbocycles. The Hall–Kier alpha value is -3.71. The van der Waals surface area contributed by atoms with Crippen LogP contribution in [0, 0.1) is 0 Å². The Morgan fingerprint density at radius 3 is 2.83 bits per heavy atom. The molecule has 0 radical (unpaired) electrons. The number of fused-ring (bicyclic) bond motifs is 1. The summed E-state index contributed by atoms with van der Waals surface area (Å²) < 4.78 is 7.82. The van der Waals surface area contributed by atoms with Crippen LogP contribution in [0.5, 0.6) is 5.75 Å². The number of pyridine rings is 1. The Labute approximate surface area is 173 Å². The molecule has 3 N–H and O–H groups in total. The summed E-state index contributed by atoms with van der Waals surface area (Å²) >= 11 is 0. The Kier molecular flexibility index (Phi) is 5.45. The molecular formula is C23H22N4O3. The summed E-state index contributed by atoms with van der Waals surface area (Å²) in [6.07, 6.45) is 3.52. The number of benzene rings is 2. The van der Waals surface area contributed by atoms with Crippen LogP contribution in [-0.4, -0.2) is 25.8 Å². The van der Waals surface area contributed by atoms with E-state index in [1.165, 1.54) is 0 Å². The van der Waals surface area contributed by atoms with E-state index in [9.17, 15) is 4.79 Å². The monoisotopic (exact) mass is 402 g/mol. The third-order valence-electron chi connectivity index (χ3n) is 4.97. The second-order valence-corrected chi connectivity index (χ2v) is 7.05. The van der Waals surface area contributed by atoms with Crippen LogP contribution in [0.25, 0.3) is 22.0 Å². The lowest BCUT2D eigenvalue weighted by Gasteiger charge is -2.13. The van der Waals surface area contributed by atoms with Gasteiger partial charge < -0.3 is 15.6 Å². The van der Waals surface area contributed by atoms with Crippen molar-refractivity contribution in [2.24, 2.45) is 12.8 Å². The van der Waals surface area contributed by atoms with Gasteiger partial charge in [-0.2, -0.15) is 5.10 Å². The van der Waals surface area contributed by atoms with Crippen LogP contribution in [-0.2, 0) is 31.4 Å². The van der Waals surface area contributed by atoms with Gasteiger partial charge in [0.1, 0.15) is 12.4 Å². The molecule has 2 aromatic carbocycles. The van der Waals surface area contributed by atoms with Crippen molar-refractivity contribution in [2.45, 2.75) is 19.6 Å². The van der Waals surface area contributed by atoms with Gasteiger partial charge in [-0.3, -0.25) is 14.5 Å². The molecule has 0 spiro atoms. The van der Waals surface area contributed by atoms with Gasteiger partial charge >= 0.3 is 5.97 Å². The van der Waals surface area contributed by atoms with Gasteiger partial charge in [-0.05, 0) is 47.0 Å². The summed E-state index contributed by atoms with van der Waals surface area (Å²) in [4.78, 5) is 15.4. The Bertz CT molecular complexity index is 1220. The highest BCUT2D eigenvalue weighted by atomic mass is 16.5. The molecule has 0 saturated heterocycles. The van der Waals surface area contributed by atoms with Crippen LogP contribution >= 0.6 is 0 Å². The van der Waals surface area contributed by atoms with Crippen molar-refractivity contribution in [3.63, 3.8) is 0 Å². The van der Waals surface area contributed by atoms with Crippen molar-refractivity contribution >= 4 is 16.9 Å². The Balaban J connectivity index is 1.71. The predicted molar refractivity (Wildman–Crippen MR) is 114 cm³/mol. The quantitative estimate of drug-likeness (QED) is 0.492. The highest BCUT2D eigenvalue weighted by Crippen LogP contribution is 2.31. The lowest BCUT2D eigenvalue weighted by molar-refractivity contribution is -0.136. The van der Waals surface area contributed by atoms with Gasteiger partial charge in [-0.1, -0.05) is 18.2 Å². The highest BCUT2D eigenvalue weighted by Gasteiger charge is 2.13. The van der Waals surface area contributed by atoms with Gasteiger partial charge in [0.2, 0.25) is 0 Å². The molecule has 7 heteroatoms. The molecule has 2 aromatic heterocycles. The molecule has 152 valence electrons. The fourth-order valence-electron chi connectivity index (χ4n) is 3.50. The van der Waals surface area contributed by atoms with Crippen LogP contribution in [0.4, 0.5) is 0 Å². The van der Waals surface area contributed by atoms with Gasteiger partial charge in [0, 0.05) is 30.7 Å². The van der Waals surface area contributed by atoms with E-state index in [-0.39, 0.29) is 6.42 Å². The number of carboxylic acid groups (broad SMARTS) is 1. The minimum atomic E-state index is -0.891. The molecule has 0 amide bonds. The average Bonchev–Trinajstić information content (AvgIpc) is 3.13. The topological polar surface area (TPSA) is 103 Å². The van der Waals surface area contributed by atoms with Crippen molar-refractivity contribution in [1.29, 1.82) is 0 Å². The van der Waals surface area contributed by atoms with E-state index in [1.807, 2.05) is 48.3 Å². The van der Waals surface area contributed by atoms with E-state index in [4.69, 9.17) is 15.6 Å². The first kappa shape index (κ1) is 19.6. The zero-order chi connectivity index (χ0) is 21.1. The number of aliphatic carboxylic acids is 1. The SMILES string of the molecule is Cn1ncc2c(-c3ccnc(CN)c3)cc(COc3ccccc3CC(=O)O)cc21. The number of nitrogens with two attached hydrogens (primary N) is 1. The van der Waals surface area contributed by atoms with E-state index in [0.29, 0.717) is 24.5 Å². The maximum absolute atomic E-state index is 11.1. The number of rotatable bonds is 7. The minimum Gasteiger partial charge on any atom is -0.489 e. The summed E-state index contributed by atoms with van der Waals surface area (Å²) in [6, 6.07) is 15.2.